The first-order chi connectivity index (χ1) is 5.97. The van der Waals surface area contributed by atoms with Crippen molar-refractivity contribution in [1.29, 1.82) is 0 Å². The van der Waals surface area contributed by atoms with Crippen molar-refractivity contribution in [1.82, 2.24) is 4.31 Å². The SMILES string of the molecule is CC(CCl)N(C)S(=O)(=O)CC1CC1. The summed E-state index contributed by atoms with van der Waals surface area (Å²) in [6.45, 7) is 1.82. The van der Waals surface area contributed by atoms with E-state index < -0.39 is 10.0 Å². The predicted octanol–water partition coefficient (Wildman–Crippen LogP) is 1.29. The Hall–Kier alpha value is 0.200. The van der Waals surface area contributed by atoms with E-state index in [1.165, 1.54) is 4.31 Å². The first kappa shape index (κ1) is 11.3. The summed E-state index contributed by atoms with van der Waals surface area (Å²) < 4.78 is 24.7. The van der Waals surface area contributed by atoms with Crippen LogP contribution in [0, 0.1) is 5.92 Å². The highest BCUT2D eigenvalue weighted by Gasteiger charge is 2.31. The molecule has 5 heteroatoms. The molecule has 0 N–H and O–H groups in total. The Kier molecular flexibility index (Phi) is 3.60. The van der Waals surface area contributed by atoms with Crippen LogP contribution in [0.25, 0.3) is 0 Å². The van der Waals surface area contributed by atoms with Gasteiger partial charge in [0.1, 0.15) is 0 Å². The van der Waals surface area contributed by atoms with Crippen LogP contribution < -0.4 is 0 Å². The number of hydrogen-bond donors (Lipinski definition) is 0. The molecular weight excluding hydrogens is 210 g/mol. The lowest BCUT2D eigenvalue weighted by molar-refractivity contribution is 0.412. The summed E-state index contributed by atoms with van der Waals surface area (Å²) in [6, 6.07) is -0.106. The van der Waals surface area contributed by atoms with Gasteiger partial charge in [0.2, 0.25) is 10.0 Å². The molecule has 0 amide bonds. The number of hydrogen-bond acceptors (Lipinski definition) is 2. The summed E-state index contributed by atoms with van der Waals surface area (Å²) in [7, 11) is -1.46. The molecule has 1 rings (SSSR count). The highest BCUT2D eigenvalue weighted by atomic mass is 35.5. The Labute approximate surface area is 85.1 Å². The fourth-order valence-corrected chi connectivity index (χ4v) is 3.15. The third-order valence-electron chi connectivity index (χ3n) is 2.43. The molecule has 1 aliphatic carbocycles. The first-order valence-electron chi connectivity index (χ1n) is 4.49. The smallest absolute Gasteiger partial charge is 0.212 e. The lowest BCUT2D eigenvalue weighted by Gasteiger charge is -2.22. The third-order valence-corrected chi connectivity index (χ3v) is 5.00. The van der Waals surface area contributed by atoms with Crippen LogP contribution in [-0.4, -0.2) is 37.4 Å². The van der Waals surface area contributed by atoms with Gasteiger partial charge in [0.25, 0.3) is 0 Å². The minimum Gasteiger partial charge on any atom is -0.212 e. The molecule has 1 unspecified atom stereocenters. The van der Waals surface area contributed by atoms with Crippen LogP contribution in [0.2, 0.25) is 0 Å². The molecule has 1 aliphatic rings. The summed E-state index contributed by atoms with van der Waals surface area (Å²) >= 11 is 5.60. The van der Waals surface area contributed by atoms with Gasteiger partial charge in [-0.25, -0.2) is 12.7 Å². The fourth-order valence-electron chi connectivity index (χ4n) is 1.07. The minimum absolute atomic E-state index is 0.106. The second kappa shape index (κ2) is 4.15. The largest absolute Gasteiger partial charge is 0.214 e. The molecule has 78 valence electrons. The Bertz CT molecular complexity index is 261. The maximum atomic E-state index is 11.6. The molecule has 1 atom stereocenters. The summed E-state index contributed by atoms with van der Waals surface area (Å²) in [5.74, 6) is 1.04. The number of halogens is 1. The Balaban J connectivity index is 2.56. The monoisotopic (exact) mass is 225 g/mol. The maximum absolute atomic E-state index is 11.6. The van der Waals surface area contributed by atoms with Gasteiger partial charge in [0.15, 0.2) is 0 Å². The maximum Gasteiger partial charge on any atom is 0.214 e. The van der Waals surface area contributed by atoms with Crippen molar-refractivity contribution in [2.24, 2.45) is 5.92 Å². The van der Waals surface area contributed by atoms with Crippen LogP contribution in [0.4, 0.5) is 0 Å². The third kappa shape index (κ3) is 3.11. The zero-order valence-corrected chi connectivity index (χ0v) is 9.61. The molecular formula is C8H16ClNO2S. The summed E-state index contributed by atoms with van der Waals surface area (Å²) in [6.07, 6.45) is 2.12. The predicted molar refractivity (Wildman–Crippen MR) is 54.5 cm³/mol. The topological polar surface area (TPSA) is 37.4 Å². The van der Waals surface area contributed by atoms with Gasteiger partial charge < -0.3 is 0 Å². The fraction of sp³-hybridized carbons (Fsp3) is 1.00. The van der Waals surface area contributed by atoms with Gasteiger partial charge in [-0.1, -0.05) is 0 Å². The zero-order chi connectivity index (χ0) is 10.1. The van der Waals surface area contributed by atoms with E-state index in [-0.39, 0.29) is 6.04 Å². The van der Waals surface area contributed by atoms with Gasteiger partial charge in [-0.05, 0) is 25.7 Å². The van der Waals surface area contributed by atoms with E-state index >= 15 is 0 Å². The Morgan fingerprint density at radius 2 is 2.08 bits per heavy atom. The Morgan fingerprint density at radius 3 is 2.46 bits per heavy atom. The molecule has 0 aliphatic heterocycles. The van der Waals surface area contributed by atoms with Crippen molar-refractivity contribution < 1.29 is 8.42 Å². The standard InChI is InChI=1S/C8H16ClNO2S/c1-7(5-9)10(2)13(11,12)6-8-3-4-8/h7-8H,3-6H2,1-2H3. The van der Waals surface area contributed by atoms with Gasteiger partial charge >= 0.3 is 0 Å². The van der Waals surface area contributed by atoms with Gasteiger partial charge in [0, 0.05) is 19.0 Å². The van der Waals surface area contributed by atoms with Crippen molar-refractivity contribution in [2.45, 2.75) is 25.8 Å². The van der Waals surface area contributed by atoms with Crippen LogP contribution in [-0.2, 0) is 10.0 Å². The lowest BCUT2D eigenvalue weighted by Crippen LogP contribution is -2.38. The molecule has 3 nitrogen and oxygen atoms in total. The molecule has 0 aromatic carbocycles. The quantitative estimate of drug-likeness (QED) is 0.662. The minimum atomic E-state index is -3.06. The number of alkyl halides is 1. The highest BCUT2D eigenvalue weighted by molar-refractivity contribution is 7.89. The first-order valence-corrected chi connectivity index (χ1v) is 6.63. The Morgan fingerprint density at radius 1 is 1.54 bits per heavy atom. The van der Waals surface area contributed by atoms with Crippen LogP contribution >= 0.6 is 11.6 Å². The number of nitrogens with zero attached hydrogens (tertiary/aromatic N) is 1. The van der Waals surface area contributed by atoms with Crippen LogP contribution in [0.1, 0.15) is 19.8 Å². The summed E-state index contributed by atoms with van der Waals surface area (Å²) in [4.78, 5) is 0. The van der Waals surface area contributed by atoms with Crippen molar-refractivity contribution in [2.75, 3.05) is 18.7 Å². The van der Waals surface area contributed by atoms with Crippen molar-refractivity contribution in [3.8, 4) is 0 Å². The summed E-state index contributed by atoms with van der Waals surface area (Å²) in [5, 5.41) is 0. The molecule has 0 radical (unpaired) electrons. The van der Waals surface area contributed by atoms with Gasteiger partial charge in [0.05, 0.1) is 5.75 Å². The van der Waals surface area contributed by atoms with E-state index in [2.05, 4.69) is 0 Å². The molecule has 0 aromatic heterocycles. The molecule has 0 spiro atoms. The lowest BCUT2D eigenvalue weighted by atomic mass is 10.4. The van der Waals surface area contributed by atoms with E-state index in [4.69, 9.17) is 11.6 Å². The normalized spacial score (nSPS) is 20.6. The van der Waals surface area contributed by atoms with E-state index in [0.29, 0.717) is 17.6 Å². The van der Waals surface area contributed by atoms with E-state index in [9.17, 15) is 8.42 Å². The zero-order valence-electron chi connectivity index (χ0n) is 8.03. The van der Waals surface area contributed by atoms with E-state index in [0.717, 1.165) is 12.8 Å². The number of sulfonamides is 1. The molecule has 1 fully saturated rings. The van der Waals surface area contributed by atoms with Gasteiger partial charge in [-0.3, -0.25) is 0 Å². The van der Waals surface area contributed by atoms with Crippen molar-refractivity contribution in [3.05, 3.63) is 0 Å². The van der Waals surface area contributed by atoms with Crippen molar-refractivity contribution in [3.63, 3.8) is 0 Å². The second-order valence-electron chi connectivity index (χ2n) is 3.74. The van der Waals surface area contributed by atoms with Crippen LogP contribution in [0.3, 0.4) is 0 Å². The highest BCUT2D eigenvalue weighted by Crippen LogP contribution is 2.31. The molecule has 0 bridgehead atoms. The van der Waals surface area contributed by atoms with E-state index in [1.807, 2.05) is 6.92 Å². The number of rotatable bonds is 5. The van der Waals surface area contributed by atoms with E-state index in [1.54, 1.807) is 7.05 Å². The molecule has 0 heterocycles. The molecule has 13 heavy (non-hydrogen) atoms. The second-order valence-corrected chi connectivity index (χ2v) is 6.12. The average molecular weight is 226 g/mol. The van der Waals surface area contributed by atoms with Crippen molar-refractivity contribution >= 4 is 21.6 Å². The summed E-state index contributed by atoms with van der Waals surface area (Å²) in [5.41, 5.74) is 0. The average Bonchev–Trinajstić information content (AvgIpc) is 2.84. The molecule has 1 saturated carbocycles. The molecule has 0 saturated heterocycles. The van der Waals surface area contributed by atoms with Crippen LogP contribution in [0.5, 0.6) is 0 Å². The van der Waals surface area contributed by atoms with Crippen LogP contribution in [0.15, 0.2) is 0 Å². The molecule has 0 aromatic rings. The van der Waals surface area contributed by atoms with Gasteiger partial charge in [-0.15, -0.1) is 11.6 Å². The van der Waals surface area contributed by atoms with Gasteiger partial charge in [-0.2, -0.15) is 0 Å².